The monoisotopic (exact) mass is 484 g/mol. The summed E-state index contributed by atoms with van der Waals surface area (Å²) >= 11 is 0. The van der Waals surface area contributed by atoms with E-state index in [1.54, 1.807) is 14.0 Å². The van der Waals surface area contributed by atoms with Gasteiger partial charge in [0.2, 0.25) is 5.91 Å². The van der Waals surface area contributed by atoms with E-state index >= 15 is 0 Å². The molecule has 0 saturated carbocycles. The number of carbonyl (C=O) groups is 3. The maximum atomic E-state index is 13.2. The molecule has 8 heteroatoms. The highest BCUT2D eigenvalue weighted by atomic mass is 16.5. The van der Waals surface area contributed by atoms with E-state index in [1.165, 1.54) is 4.90 Å². The smallest absolute Gasteiger partial charge is 0.338 e. The number of benzene rings is 1. The number of amides is 3. The molecule has 1 fully saturated rings. The second-order valence-electron chi connectivity index (χ2n) is 9.99. The fraction of sp³-hybridized carbons (Fsp3) is 0.593. The average molecular weight is 485 g/mol. The van der Waals surface area contributed by atoms with Crippen LogP contribution in [0.4, 0.5) is 4.79 Å². The van der Waals surface area contributed by atoms with Crippen LogP contribution in [0.15, 0.2) is 29.5 Å². The van der Waals surface area contributed by atoms with E-state index in [0.29, 0.717) is 43.2 Å². The minimum absolute atomic E-state index is 0.192. The summed E-state index contributed by atoms with van der Waals surface area (Å²) in [4.78, 5) is 44.5. The lowest BCUT2D eigenvalue weighted by molar-refractivity contribution is -0.139. The summed E-state index contributed by atoms with van der Waals surface area (Å²) in [6.07, 6.45) is 1.40. The number of nitrogens with one attached hydrogen (secondary N) is 1. The number of hydrogen-bond acceptors (Lipinski definition) is 5. The van der Waals surface area contributed by atoms with Gasteiger partial charge in [-0.2, -0.15) is 0 Å². The molecule has 0 radical (unpaired) electrons. The van der Waals surface area contributed by atoms with E-state index in [1.807, 2.05) is 30.9 Å². The first-order valence-electron chi connectivity index (χ1n) is 12.6. The van der Waals surface area contributed by atoms with Crippen molar-refractivity contribution in [1.29, 1.82) is 0 Å². The van der Waals surface area contributed by atoms with E-state index in [-0.39, 0.29) is 18.5 Å². The molecule has 1 saturated heterocycles. The first kappa shape index (κ1) is 26.7. The number of likely N-dealkylation sites (N-methyl/N-ethyl adjacent to an activating group) is 1. The van der Waals surface area contributed by atoms with Crippen LogP contribution in [-0.4, -0.2) is 79.0 Å². The van der Waals surface area contributed by atoms with Gasteiger partial charge in [-0.25, -0.2) is 9.59 Å². The normalized spacial score (nSPS) is 19.6. The van der Waals surface area contributed by atoms with Crippen LogP contribution in [0.3, 0.4) is 0 Å². The topological polar surface area (TPSA) is 82.2 Å². The Hall–Kier alpha value is -2.87. The molecule has 1 aromatic carbocycles. The van der Waals surface area contributed by atoms with Crippen molar-refractivity contribution in [2.45, 2.75) is 53.5 Å². The molecule has 0 aromatic heterocycles. The molecule has 2 aliphatic rings. The first-order valence-corrected chi connectivity index (χ1v) is 12.6. The average Bonchev–Trinajstić information content (AvgIpc) is 3.02. The quantitative estimate of drug-likeness (QED) is 0.600. The Bertz CT molecular complexity index is 987. The number of carbonyl (C=O) groups excluding carboxylic acids is 3. The van der Waals surface area contributed by atoms with Crippen molar-refractivity contribution >= 4 is 17.9 Å². The van der Waals surface area contributed by atoms with Crippen LogP contribution in [0.25, 0.3) is 0 Å². The van der Waals surface area contributed by atoms with E-state index in [9.17, 15) is 14.4 Å². The molecule has 0 bridgehead atoms. The van der Waals surface area contributed by atoms with Gasteiger partial charge >= 0.3 is 12.0 Å². The molecule has 2 aliphatic heterocycles. The molecule has 8 nitrogen and oxygen atoms in total. The summed E-state index contributed by atoms with van der Waals surface area (Å²) in [5.74, 6) is 0.107. The van der Waals surface area contributed by atoms with Crippen molar-refractivity contribution in [3.05, 3.63) is 46.2 Å². The largest absolute Gasteiger partial charge is 0.463 e. The summed E-state index contributed by atoms with van der Waals surface area (Å²) in [5.41, 5.74) is 4.14. The van der Waals surface area contributed by atoms with E-state index < -0.39 is 12.0 Å². The second kappa shape index (κ2) is 11.7. The Morgan fingerprint density at radius 3 is 2.54 bits per heavy atom. The zero-order valence-corrected chi connectivity index (χ0v) is 22.0. The van der Waals surface area contributed by atoms with Gasteiger partial charge in [0.15, 0.2) is 0 Å². The predicted molar refractivity (Wildman–Crippen MR) is 136 cm³/mol. The maximum Gasteiger partial charge on any atom is 0.338 e. The van der Waals surface area contributed by atoms with E-state index in [2.05, 4.69) is 30.1 Å². The summed E-state index contributed by atoms with van der Waals surface area (Å²) in [6, 6.07) is 5.19. The molecular weight excluding hydrogens is 444 g/mol. The molecule has 1 atom stereocenters. The van der Waals surface area contributed by atoms with Crippen LogP contribution in [-0.2, 0) is 14.3 Å². The van der Waals surface area contributed by atoms with E-state index in [4.69, 9.17) is 4.74 Å². The summed E-state index contributed by atoms with van der Waals surface area (Å²) in [7, 11) is 1.69. The van der Waals surface area contributed by atoms with Crippen LogP contribution in [0.5, 0.6) is 0 Å². The van der Waals surface area contributed by atoms with Gasteiger partial charge in [-0.05, 0) is 44.2 Å². The van der Waals surface area contributed by atoms with Gasteiger partial charge in [0.25, 0.3) is 0 Å². The van der Waals surface area contributed by atoms with Gasteiger partial charge in [0.05, 0.1) is 18.2 Å². The first-order chi connectivity index (χ1) is 16.6. The summed E-state index contributed by atoms with van der Waals surface area (Å²) in [5, 5.41) is 3.01. The fourth-order valence-electron chi connectivity index (χ4n) is 4.85. The van der Waals surface area contributed by atoms with Gasteiger partial charge in [-0.1, -0.05) is 37.6 Å². The number of ether oxygens (including phenoxy) is 1. The van der Waals surface area contributed by atoms with Gasteiger partial charge in [-0.15, -0.1) is 0 Å². The fourth-order valence-corrected chi connectivity index (χ4v) is 4.85. The van der Waals surface area contributed by atoms with Gasteiger partial charge in [0.1, 0.15) is 0 Å². The van der Waals surface area contributed by atoms with Crippen LogP contribution in [0.2, 0.25) is 0 Å². The standard InChI is InChI=1S/C27H40N4O4/c1-7-35-26(33)24-22(17-30-11-8-12-31(14-13-30)23(32)15-18(2)3)29(6)27(34)28-25(24)21-10-9-19(4)16-20(21)5/h9-10,16,18,25H,7-8,11-15,17H2,1-6H3,(H,28,34). The van der Waals surface area contributed by atoms with Crippen molar-refractivity contribution in [3.8, 4) is 0 Å². The Labute approximate surface area is 209 Å². The van der Waals surface area contributed by atoms with Gasteiger partial charge in [-0.3, -0.25) is 14.6 Å². The molecule has 1 N–H and O–H groups in total. The van der Waals surface area contributed by atoms with Crippen LogP contribution in [0.1, 0.15) is 56.3 Å². The molecule has 192 valence electrons. The molecule has 1 aromatic rings. The van der Waals surface area contributed by atoms with Crippen molar-refractivity contribution in [3.63, 3.8) is 0 Å². The maximum absolute atomic E-state index is 13.2. The minimum Gasteiger partial charge on any atom is -0.463 e. The van der Waals surface area contributed by atoms with Crippen LogP contribution in [0, 0.1) is 19.8 Å². The molecular formula is C27H40N4O4. The third-order valence-corrected chi connectivity index (χ3v) is 6.71. The Morgan fingerprint density at radius 2 is 1.89 bits per heavy atom. The molecule has 0 spiro atoms. The number of rotatable bonds is 7. The molecule has 0 aliphatic carbocycles. The Kier molecular flexibility index (Phi) is 8.94. The number of nitrogens with zero attached hydrogens (tertiary/aromatic N) is 3. The van der Waals surface area contributed by atoms with Crippen LogP contribution < -0.4 is 5.32 Å². The number of aryl methyl sites for hydroxylation is 2. The highest BCUT2D eigenvalue weighted by molar-refractivity contribution is 5.95. The van der Waals surface area contributed by atoms with Crippen LogP contribution >= 0.6 is 0 Å². The number of hydrogen-bond donors (Lipinski definition) is 1. The zero-order chi connectivity index (χ0) is 25.7. The van der Waals surface area contributed by atoms with Gasteiger partial charge in [0, 0.05) is 51.9 Å². The lowest BCUT2D eigenvalue weighted by Gasteiger charge is -2.37. The van der Waals surface area contributed by atoms with E-state index in [0.717, 1.165) is 36.2 Å². The lowest BCUT2D eigenvalue weighted by Crippen LogP contribution is -2.49. The predicted octanol–water partition coefficient (Wildman–Crippen LogP) is 3.40. The number of esters is 1. The second-order valence-corrected chi connectivity index (χ2v) is 9.99. The molecule has 35 heavy (non-hydrogen) atoms. The number of urea groups is 1. The zero-order valence-electron chi connectivity index (χ0n) is 22.0. The Balaban J connectivity index is 1.93. The SMILES string of the molecule is CCOC(=O)C1=C(CN2CCCN(C(=O)CC(C)C)CC2)N(C)C(=O)NC1c1ccc(C)cc1C. The lowest BCUT2D eigenvalue weighted by atomic mass is 9.90. The molecule has 3 rings (SSSR count). The van der Waals surface area contributed by atoms with Crippen molar-refractivity contribution in [2.75, 3.05) is 46.4 Å². The molecule has 2 heterocycles. The third kappa shape index (κ3) is 6.42. The summed E-state index contributed by atoms with van der Waals surface area (Å²) in [6.45, 7) is 13.4. The van der Waals surface area contributed by atoms with Crippen molar-refractivity contribution in [1.82, 2.24) is 20.0 Å². The molecule has 1 unspecified atom stereocenters. The highest BCUT2D eigenvalue weighted by Crippen LogP contribution is 2.33. The third-order valence-electron chi connectivity index (χ3n) is 6.71. The minimum atomic E-state index is -0.579. The Morgan fingerprint density at radius 1 is 1.14 bits per heavy atom. The van der Waals surface area contributed by atoms with Crippen molar-refractivity contribution in [2.24, 2.45) is 5.92 Å². The molecule has 3 amide bonds. The highest BCUT2D eigenvalue weighted by Gasteiger charge is 2.38. The summed E-state index contributed by atoms with van der Waals surface area (Å²) < 4.78 is 5.46. The van der Waals surface area contributed by atoms with Gasteiger partial charge < -0.3 is 15.0 Å². The van der Waals surface area contributed by atoms with Crippen molar-refractivity contribution < 1.29 is 19.1 Å².